The lowest BCUT2D eigenvalue weighted by Crippen LogP contribution is -2.33. The molecule has 3 N–H and O–H groups in total. The maximum Gasteiger partial charge on any atom is 0.335 e. The number of aliphatic hydroxyl groups excluding tert-OH is 2. The van der Waals surface area contributed by atoms with E-state index in [1.165, 1.54) is 13.8 Å². The number of aliphatic hydroxyl groups is 2. The molecule has 88 valence electrons. The number of carboxylic acids is 1. The number of esters is 1. The van der Waals surface area contributed by atoms with Gasteiger partial charge in [-0.25, -0.2) is 4.79 Å². The Morgan fingerprint density at radius 2 is 1.80 bits per heavy atom. The first-order valence-electron chi connectivity index (χ1n) is 4.63. The number of hydrogen-bond donors (Lipinski definition) is 3. The van der Waals surface area contributed by atoms with Gasteiger partial charge in [0.2, 0.25) is 0 Å². The zero-order valence-electron chi connectivity index (χ0n) is 8.71. The van der Waals surface area contributed by atoms with Crippen LogP contribution >= 0.6 is 0 Å². The fourth-order valence-electron chi connectivity index (χ4n) is 0.912. The highest BCUT2D eigenvalue weighted by Crippen LogP contribution is 2.09. The Kier molecular flexibility index (Phi) is 5.88. The van der Waals surface area contributed by atoms with Crippen molar-refractivity contribution in [2.45, 2.75) is 45.0 Å². The molecule has 15 heavy (non-hydrogen) atoms. The molecule has 0 bridgehead atoms. The molecule has 0 radical (unpaired) electrons. The van der Waals surface area contributed by atoms with Crippen molar-refractivity contribution >= 4 is 11.9 Å². The van der Waals surface area contributed by atoms with Crippen LogP contribution in [0, 0.1) is 0 Å². The number of ether oxygens (including phenoxy) is 1. The third-order valence-electron chi connectivity index (χ3n) is 1.79. The lowest BCUT2D eigenvalue weighted by Gasteiger charge is -2.20. The van der Waals surface area contributed by atoms with Gasteiger partial charge >= 0.3 is 11.9 Å². The average molecular weight is 220 g/mol. The molecular weight excluding hydrogens is 204 g/mol. The Labute approximate surface area is 87.5 Å². The van der Waals surface area contributed by atoms with Gasteiger partial charge < -0.3 is 20.1 Å². The van der Waals surface area contributed by atoms with E-state index in [0.717, 1.165) is 0 Å². The van der Waals surface area contributed by atoms with E-state index < -0.39 is 30.3 Å². The first-order chi connectivity index (χ1) is 6.84. The summed E-state index contributed by atoms with van der Waals surface area (Å²) in [6, 6.07) is 0. The lowest BCUT2D eigenvalue weighted by molar-refractivity contribution is -0.164. The second kappa shape index (κ2) is 6.36. The molecule has 0 saturated carbocycles. The van der Waals surface area contributed by atoms with E-state index in [9.17, 15) is 14.7 Å². The zero-order valence-corrected chi connectivity index (χ0v) is 8.71. The van der Waals surface area contributed by atoms with Crippen molar-refractivity contribution in [1.82, 2.24) is 0 Å². The molecule has 0 spiro atoms. The minimum absolute atomic E-state index is 0.0193. The van der Waals surface area contributed by atoms with Crippen molar-refractivity contribution in [2.75, 3.05) is 0 Å². The monoisotopic (exact) mass is 220 g/mol. The first-order valence-corrected chi connectivity index (χ1v) is 4.63. The molecular formula is C9H16O6. The second-order valence-corrected chi connectivity index (χ2v) is 3.32. The Balaban J connectivity index is 4.16. The Hall–Kier alpha value is -1.14. The summed E-state index contributed by atoms with van der Waals surface area (Å²) in [6.07, 6.45) is -3.33. The molecule has 0 aromatic rings. The van der Waals surface area contributed by atoms with Gasteiger partial charge in [0.1, 0.15) is 12.2 Å². The number of hydrogen-bond acceptors (Lipinski definition) is 5. The highest BCUT2D eigenvalue weighted by atomic mass is 16.6. The summed E-state index contributed by atoms with van der Waals surface area (Å²) >= 11 is 0. The highest BCUT2D eigenvalue weighted by Gasteiger charge is 2.22. The largest absolute Gasteiger partial charge is 0.481 e. The normalized spacial score (nSPS) is 16.5. The van der Waals surface area contributed by atoms with Crippen LogP contribution in [0.4, 0.5) is 0 Å². The molecule has 6 heteroatoms. The van der Waals surface area contributed by atoms with E-state index in [1.54, 1.807) is 0 Å². The van der Waals surface area contributed by atoms with Crippen molar-refractivity contribution in [1.29, 1.82) is 0 Å². The third kappa shape index (κ3) is 6.03. The van der Waals surface area contributed by atoms with Gasteiger partial charge in [0.05, 0.1) is 6.10 Å². The minimum Gasteiger partial charge on any atom is -0.481 e. The van der Waals surface area contributed by atoms with Gasteiger partial charge in [-0.05, 0) is 20.3 Å². The van der Waals surface area contributed by atoms with Crippen LogP contribution in [-0.2, 0) is 14.3 Å². The van der Waals surface area contributed by atoms with Crippen LogP contribution in [0.2, 0.25) is 0 Å². The summed E-state index contributed by atoms with van der Waals surface area (Å²) in [4.78, 5) is 21.2. The Morgan fingerprint density at radius 1 is 1.27 bits per heavy atom. The molecule has 6 nitrogen and oxygen atoms in total. The topological polar surface area (TPSA) is 104 Å². The van der Waals surface area contributed by atoms with E-state index in [-0.39, 0.29) is 12.8 Å². The second-order valence-electron chi connectivity index (χ2n) is 3.32. The smallest absolute Gasteiger partial charge is 0.335 e. The molecule has 0 aliphatic rings. The van der Waals surface area contributed by atoms with Crippen LogP contribution in [0.15, 0.2) is 0 Å². The van der Waals surface area contributed by atoms with E-state index in [4.69, 9.17) is 14.9 Å². The molecule has 0 saturated heterocycles. The SMILES string of the molecule is CC(O)C(=O)OC(CCC(=O)O)C(C)O. The van der Waals surface area contributed by atoms with Crippen LogP contribution in [-0.4, -0.2) is 45.6 Å². The molecule has 0 aliphatic heterocycles. The summed E-state index contributed by atoms with van der Waals surface area (Å²) in [6.45, 7) is 2.63. The van der Waals surface area contributed by atoms with Crippen LogP contribution in [0.5, 0.6) is 0 Å². The molecule has 0 aromatic heterocycles. The van der Waals surface area contributed by atoms with Gasteiger partial charge in [-0.15, -0.1) is 0 Å². The lowest BCUT2D eigenvalue weighted by atomic mass is 10.1. The quantitative estimate of drug-likeness (QED) is 0.522. The standard InChI is InChI=1S/C9H16O6/c1-5(10)7(3-4-8(12)13)15-9(14)6(2)11/h5-7,10-11H,3-4H2,1-2H3,(H,12,13). The highest BCUT2D eigenvalue weighted by molar-refractivity contribution is 5.74. The van der Waals surface area contributed by atoms with Gasteiger partial charge in [-0.3, -0.25) is 4.79 Å². The molecule has 0 rings (SSSR count). The van der Waals surface area contributed by atoms with E-state index in [1.807, 2.05) is 0 Å². The molecule has 3 atom stereocenters. The van der Waals surface area contributed by atoms with Crippen LogP contribution in [0.1, 0.15) is 26.7 Å². The number of carboxylic acid groups (broad SMARTS) is 1. The van der Waals surface area contributed by atoms with Crippen molar-refractivity contribution in [2.24, 2.45) is 0 Å². The Morgan fingerprint density at radius 3 is 2.13 bits per heavy atom. The predicted molar refractivity (Wildman–Crippen MR) is 50.1 cm³/mol. The van der Waals surface area contributed by atoms with E-state index in [0.29, 0.717) is 0 Å². The van der Waals surface area contributed by atoms with Gasteiger partial charge in [-0.1, -0.05) is 0 Å². The molecule has 0 amide bonds. The summed E-state index contributed by atoms with van der Waals surface area (Å²) < 4.78 is 4.72. The maximum atomic E-state index is 11.0. The van der Waals surface area contributed by atoms with Crippen molar-refractivity contribution in [3.8, 4) is 0 Å². The third-order valence-corrected chi connectivity index (χ3v) is 1.79. The zero-order chi connectivity index (χ0) is 12.0. The van der Waals surface area contributed by atoms with Crippen molar-refractivity contribution in [3.05, 3.63) is 0 Å². The summed E-state index contributed by atoms with van der Waals surface area (Å²) in [5.41, 5.74) is 0. The predicted octanol–water partition coefficient (Wildman–Crippen LogP) is -0.475. The maximum absolute atomic E-state index is 11.0. The summed E-state index contributed by atoms with van der Waals surface area (Å²) in [5.74, 6) is -1.90. The number of rotatable bonds is 6. The van der Waals surface area contributed by atoms with E-state index in [2.05, 4.69) is 0 Å². The van der Waals surface area contributed by atoms with Gasteiger partial charge in [-0.2, -0.15) is 0 Å². The number of aliphatic carboxylic acids is 1. The Bertz CT molecular complexity index is 223. The average Bonchev–Trinajstić information content (AvgIpc) is 2.10. The van der Waals surface area contributed by atoms with Gasteiger partial charge in [0, 0.05) is 6.42 Å². The van der Waals surface area contributed by atoms with Gasteiger partial charge in [0.25, 0.3) is 0 Å². The molecule has 0 fully saturated rings. The molecule has 0 heterocycles. The van der Waals surface area contributed by atoms with Crippen molar-refractivity contribution in [3.63, 3.8) is 0 Å². The minimum atomic E-state index is -1.28. The summed E-state index contributed by atoms with van der Waals surface area (Å²) in [7, 11) is 0. The molecule has 0 aliphatic carbocycles. The molecule has 3 unspecified atom stereocenters. The van der Waals surface area contributed by atoms with Crippen LogP contribution in [0.25, 0.3) is 0 Å². The molecule has 0 aromatic carbocycles. The fourth-order valence-corrected chi connectivity index (χ4v) is 0.912. The van der Waals surface area contributed by atoms with Crippen LogP contribution < -0.4 is 0 Å². The van der Waals surface area contributed by atoms with Crippen LogP contribution in [0.3, 0.4) is 0 Å². The van der Waals surface area contributed by atoms with Crippen molar-refractivity contribution < 1.29 is 29.6 Å². The number of carbonyl (C=O) groups is 2. The fraction of sp³-hybridized carbons (Fsp3) is 0.778. The van der Waals surface area contributed by atoms with E-state index >= 15 is 0 Å². The summed E-state index contributed by atoms with van der Waals surface area (Å²) in [5, 5.41) is 26.5. The first kappa shape index (κ1) is 13.9. The number of carbonyl (C=O) groups excluding carboxylic acids is 1. The van der Waals surface area contributed by atoms with Gasteiger partial charge in [0.15, 0.2) is 0 Å².